The molecule has 2 atom stereocenters. The molecule has 0 aromatic heterocycles. The van der Waals surface area contributed by atoms with E-state index >= 15 is 0 Å². The van der Waals surface area contributed by atoms with Gasteiger partial charge in [0.05, 0.1) is 20.2 Å². The average molecular weight is 758 g/mol. The highest BCUT2D eigenvalue weighted by Crippen LogP contribution is 2.38. The van der Waals surface area contributed by atoms with Gasteiger partial charge in [0.25, 0.3) is 7.82 Å². The summed E-state index contributed by atoms with van der Waals surface area (Å²) >= 11 is 0. The number of likely N-dealkylation sites (N-methyl/N-ethyl adjacent to an activating group) is 1. The molecule has 2 N–H and O–H groups in total. The van der Waals surface area contributed by atoms with Gasteiger partial charge < -0.3 is 28.7 Å². The molecule has 0 fully saturated rings. The number of ether oxygens (including phenoxy) is 2. The van der Waals surface area contributed by atoms with Gasteiger partial charge >= 0.3 is 11.9 Å². The third-order valence-electron chi connectivity index (χ3n) is 9.09. The molecule has 0 radical (unpaired) electrons. The lowest BCUT2D eigenvalue weighted by Crippen LogP contribution is -2.80. The molecule has 0 saturated carbocycles. The van der Waals surface area contributed by atoms with Gasteiger partial charge in [-0.25, -0.2) is 0 Å². The molecular weight excluding hydrogens is 677 g/mol. The summed E-state index contributed by atoms with van der Waals surface area (Å²) in [6.07, 6.45) is 39.1. The Hall–Kier alpha value is -1.51. The van der Waals surface area contributed by atoms with E-state index in [0.29, 0.717) is 13.0 Å². The molecule has 0 aromatic rings. The highest BCUT2D eigenvalue weighted by atomic mass is 31.2. The second kappa shape index (κ2) is 39.2. The van der Waals surface area contributed by atoms with Crippen LogP contribution in [0.3, 0.4) is 0 Å². The van der Waals surface area contributed by atoms with Crippen LogP contribution in [0.4, 0.5) is 0 Å². The SMILES string of the molecule is CCCCCCCC/C=C\CCCCCCCC(=O)OC[C@H](COP(=O)([O-])OCC[NH2+]C)OC(=O)CCCCCCC/C=C\CCCCCCCC. The van der Waals surface area contributed by atoms with Gasteiger partial charge in [0.15, 0.2) is 6.10 Å². The molecule has 0 bridgehead atoms. The van der Waals surface area contributed by atoms with Crippen LogP contribution in [-0.4, -0.2) is 51.5 Å². The number of hydrogen-bond acceptors (Lipinski definition) is 8. The van der Waals surface area contributed by atoms with E-state index in [4.69, 9.17) is 18.5 Å². The van der Waals surface area contributed by atoms with Crippen LogP contribution < -0.4 is 10.2 Å². The normalized spacial score (nSPS) is 13.5. The zero-order chi connectivity index (χ0) is 38.2. The lowest BCUT2D eigenvalue weighted by molar-refractivity contribution is -0.627. The predicted molar refractivity (Wildman–Crippen MR) is 212 cm³/mol. The Bertz CT molecular complexity index is 912. The molecule has 1 unspecified atom stereocenters. The first kappa shape index (κ1) is 50.5. The minimum Gasteiger partial charge on any atom is -0.756 e. The monoisotopic (exact) mass is 758 g/mol. The molecule has 0 aliphatic rings. The molecule has 0 saturated heterocycles. The van der Waals surface area contributed by atoms with Gasteiger partial charge in [0.1, 0.15) is 13.2 Å². The van der Waals surface area contributed by atoms with Crippen molar-refractivity contribution in [1.82, 2.24) is 0 Å². The van der Waals surface area contributed by atoms with Crippen molar-refractivity contribution in [3.8, 4) is 0 Å². The van der Waals surface area contributed by atoms with Crippen LogP contribution in [0.2, 0.25) is 0 Å². The molecule has 0 aromatic carbocycles. The second-order valence-electron chi connectivity index (χ2n) is 14.2. The van der Waals surface area contributed by atoms with Gasteiger partial charge in [-0.1, -0.05) is 141 Å². The molecule has 0 spiro atoms. The fourth-order valence-electron chi connectivity index (χ4n) is 5.79. The number of esters is 2. The van der Waals surface area contributed by atoms with Gasteiger partial charge in [-0.05, 0) is 64.2 Å². The first-order valence-corrected chi connectivity index (χ1v) is 22.8. The molecule has 10 heteroatoms. The molecule has 0 rings (SSSR count). The number of allylic oxidation sites excluding steroid dienone is 4. The Morgan fingerprint density at radius 2 is 0.981 bits per heavy atom. The fourth-order valence-corrected chi connectivity index (χ4v) is 6.55. The van der Waals surface area contributed by atoms with Crippen LogP contribution in [0.15, 0.2) is 24.3 Å². The van der Waals surface area contributed by atoms with Crippen molar-refractivity contribution in [2.24, 2.45) is 0 Å². The summed E-state index contributed by atoms with van der Waals surface area (Å²) in [6.45, 7) is 4.20. The molecule has 52 heavy (non-hydrogen) atoms. The maximum Gasteiger partial charge on any atom is 0.306 e. The van der Waals surface area contributed by atoms with Crippen molar-refractivity contribution in [2.45, 2.75) is 200 Å². The van der Waals surface area contributed by atoms with E-state index < -0.39 is 32.5 Å². The number of nitrogens with two attached hydrogens (primary N) is 1. The first-order valence-electron chi connectivity index (χ1n) is 21.4. The summed E-state index contributed by atoms with van der Waals surface area (Å²) in [5, 5.41) is 1.79. The minimum absolute atomic E-state index is 0.0256. The zero-order valence-electron chi connectivity index (χ0n) is 33.8. The highest BCUT2D eigenvalue weighted by molar-refractivity contribution is 7.45. The van der Waals surface area contributed by atoms with Crippen molar-refractivity contribution < 1.29 is 42.9 Å². The number of hydrogen-bond donors (Lipinski definition) is 1. The summed E-state index contributed by atoms with van der Waals surface area (Å²) in [5.41, 5.74) is 0. The third kappa shape index (κ3) is 38.2. The quantitative estimate of drug-likeness (QED) is 0.0283. The smallest absolute Gasteiger partial charge is 0.306 e. The number of carbonyl (C=O) groups is 2. The molecule has 0 heterocycles. The van der Waals surface area contributed by atoms with Gasteiger partial charge in [-0.2, -0.15) is 0 Å². The van der Waals surface area contributed by atoms with Crippen molar-refractivity contribution in [3.05, 3.63) is 24.3 Å². The number of phosphoric ester groups is 1. The fraction of sp³-hybridized carbons (Fsp3) is 0.857. The topological polar surface area (TPSA) is 128 Å². The summed E-state index contributed by atoms with van der Waals surface area (Å²) in [7, 11) is -2.78. The average Bonchev–Trinajstić information content (AvgIpc) is 3.12. The minimum atomic E-state index is -4.58. The van der Waals surface area contributed by atoms with Crippen LogP contribution in [0.25, 0.3) is 0 Å². The van der Waals surface area contributed by atoms with E-state index in [1.165, 1.54) is 89.9 Å². The number of phosphoric acid groups is 1. The lowest BCUT2D eigenvalue weighted by Gasteiger charge is -2.25. The second-order valence-corrected chi connectivity index (χ2v) is 15.6. The van der Waals surface area contributed by atoms with Crippen molar-refractivity contribution in [2.75, 3.05) is 33.4 Å². The van der Waals surface area contributed by atoms with E-state index in [2.05, 4.69) is 38.2 Å². The van der Waals surface area contributed by atoms with Gasteiger partial charge in [-0.3, -0.25) is 14.2 Å². The molecule has 0 amide bonds. The van der Waals surface area contributed by atoms with Gasteiger partial charge in [0.2, 0.25) is 0 Å². The van der Waals surface area contributed by atoms with E-state index in [-0.39, 0.29) is 26.1 Å². The van der Waals surface area contributed by atoms with Crippen LogP contribution >= 0.6 is 7.82 Å². The summed E-state index contributed by atoms with van der Waals surface area (Å²) in [4.78, 5) is 37.1. The molecular formula is C42H80NO8P. The molecule has 0 aliphatic carbocycles. The van der Waals surface area contributed by atoms with E-state index in [1.54, 1.807) is 12.4 Å². The maximum absolute atomic E-state index is 12.6. The van der Waals surface area contributed by atoms with Gasteiger partial charge in [0, 0.05) is 12.8 Å². The van der Waals surface area contributed by atoms with Gasteiger partial charge in [-0.15, -0.1) is 0 Å². The van der Waals surface area contributed by atoms with Crippen molar-refractivity contribution in [1.29, 1.82) is 0 Å². The first-order chi connectivity index (χ1) is 25.3. The molecule has 0 aliphatic heterocycles. The molecule has 9 nitrogen and oxygen atoms in total. The Kier molecular flexibility index (Phi) is 38.1. The Morgan fingerprint density at radius 3 is 1.42 bits per heavy atom. The molecule has 306 valence electrons. The number of unbranched alkanes of at least 4 members (excludes halogenated alkanes) is 22. The standard InChI is InChI=1S/C42H80NO8P/c1-4-6-8-10-12-14-16-18-20-22-24-26-28-30-32-34-41(44)48-38-40(39-50-52(46,47)49-37-36-43-3)51-42(45)35-33-31-29-27-25-23-21-19-17-15-13-11-9-7-5-2/h18-21,40,43H,4-17,22-39H2,1-3H3,(H,46,47)/b20-18-,21-19-/t40-/m1/s1. The number of carbonyl (C=O) groups excluding carboxylic acids is 2. The van der Waals surface area contributed by atoms with Crippen molar-refractivity contribution in [3.63, 3.8) is 0 Å². The van der Waals surface area contributed by atoms with E-state index in [0.717, 1.165) is 70.6 Å². The summed E-state index contributed by atoms with van der Waals surface area (Å²) in [6, 6.07) is 0. The Labute approximate surface area is 319 Å². The van der Waals surface area contributed by atoms with Crippen LogP contribution in [-0.2, 0) is 32.7 Å². The largest absolute Gasteiger partial charge is 0.756 e. The Morgan fingerprint density at radius 1 is 0.577 bits per heavy atom. The lowest BCUT2D eigenvalue weighted by atomic mass is 10.1. The third-order valence-corrected chi connectivity index (χ3v) is 10.1. The van der Waals surface area contributed by atoms with Crippen LogP contribution in [0, 0.1) is 0 Å². The number of rotatable bonds is 40. The Balaban J connectivity index is 4.25. The predicted octanol–water partition coefficient (Wildman–Crippen LogP) is 10.2. The van der Waals surface area contributed by atoms with E-state index in [9.17, 15) is 19.0 Å². The maximum atomic E-state index is 12.6. The zero-order valence-corrected chi connectivity index (χ0v) is 34.7. The van der Waals surface area contributed by atoms with E-state index in [1.807, 2.05) is 0 Å². The highest BCUT2D eigenvalue weighted by Gasteiger charge is 2.21. The van der Waals surface area contributed by atoms with Crippen LogP contribution in [0.5, 0.6) is 0 Å². The van der Waals surface area contributed by atoms with Crippen LogP contribution in [0.1, 0.15) is 194 Å². The summed E-state index contributed by atoms with van der Waals surface area (Å²) < 4.78 is 32.8. The summed E-state index contributed by atoms with van der Waals surface area (Å²) in [5.74, 6) is -0.849. The van der Waals surface area contributed by atoms with Crippen molar-refractivity contribution >= 4 is 19.8 Å². The number of quaternary nitrogens is 1.